The van der Waals surface area contributed by atoms with Gasteiger partial charge < -0.3 is 10.1 Å². The van der Waals surface area contributed by atoms with Crippen LogP contribution in [-0.2, 0) is 12.7 Å². The van der Waals surface area contributed by atoms with Crippen molar-refractivity contribution in [1.82, 2.24) is 15.5 Å². The van der Waals surface area contributed by atoms with Gasteiger partial charge in [0, 0.05) is 12.1 Å². The maximum atomic E-state index is 13.1. The molecular formula is C20H17ClF3N3O2. The molecule has 1 aromatic heterocycles. The number of carbonyl (C=O) groups is 1. The molecular weight excluding hydrogens is 407 g/mol. The molecule has 3 rings (SSSR count). The Balaban J connectivity index is 1.80. The standard InChI is InChI=1S/C20H17ClF3N3O2/c1-2-29-17-8-7-12(9-16(17)21)18-14(11-26-27-18)19(28)25-10-13-5-3-4-6-15(13)20(22,23)24/h3-9,11H,2,10H2,1H3,(H,25,28)(H,26,27). The summed E-state index contributed by atoms with van der Waals surface area (Å²) in [7, 11) is 0. The van der Waals surface area contributed by atoms with Gasteiger partial charge in [0.2, 0.25) is 0 Å². The number of rotatable bonds is 6. The molecule has 1 amide bonds. The van der Waals surface area contributed by atoms with E-state index in [9.17, 15) is 18.0 Å². The van der Waals surface area contributed by atoms with Crippen LogP contribution in [0, 0.1) is 0 Å². The van der Waals surface area contributed by atoms with Gasteiger partial charge in [-0.1, -0.05) is 29.8 Å². The highest BCUT2D eigenvalue weighted by molar-refractivity contribution is 6.32. The van der Waals surface area contributed by atoms with Crippen molar-refractivity contribution in [3.8, 4) is 17.0 Å². The van der Waals surface area contributed by atoms with Gasteiger partial charge in [-0.2, -0.15) is 18.3 Å². The number of nitrogens with zero attached hydrogens (tertiary/aromatic N) is 1. The van der Waals surface area contributed by atoms with Gasteiger partial charge in [-0.15, -0.1) is 0 Å². The fraction of sp³-hybridized carbons (Fsp3) is 0.200. The second-order valence-electron chi connectivity index (χ2n) is 6.07. The molecule has 1 heterocycles. The number of carbonyl (C=O) groups excluding carboxylic acids is 1. The monoisotopic (exact) mass is 423 g/mol. The van der Waals surface area contributed by atoms with Crippen molar-refractivity contribution < 1.29 is 22.7 Å². The van der Waals surface area contributed by atoms with Gasteiger partial charge in [0.1, 0.15) is 5.75 Å². The molecule has 0 bridgehead atoms. The van der Waals surface area contributed by atoms with Crippen LogP contribution < -0.4 is 10.1 Å². The quantitative estimate of drug-likeness (QED) is 0.581. The molecule has 3 aromatic rings. The van der Waals surface area contributed by atoms with Crippen LogP contribution in [0.15, 0.2) is 48.7 Å². The first-order valence-electron chi connectivity index (χ1n) is 8.70. The first-order chi connectivity index (χ1) is 13.8. The third-order valence-electron chi connectivity index (χ3n) is 4.17. The van der Waals surface area contributed by atoms with Crippen LogP contribution in [0.2, 0.25) is 5.02 Å². The molecule has 2 aromatic carbocycles. The van der Waals surface area contributed by atoms with E-state index in [1.165, 1.54) is 24.4 Å². The molecule has 0 fully saturated rings. The number of ether oxygens (including phenoxy) is 1. The fourth-order valence-electron chi connectivity index (χ4n) is 2.83. The molecule has 0 saturated heterocycles. The van der Waals surface area contributed by atoms with Crippen LogP contribution in [0.5, 0.6) is 5.75 Å². The Morgan fingerprint density at radius 3 is 2.69 bits per heavy atom. The Hall–Kier alpha value is -3.00. The van der Waals surface area contributed by atoms with Gasteiger partial charge in [-0.25, -0.2) is 0 Å². The molecule has 0 radical (unpaired) electrons. The summed E-state index contributed by atoms with van der Waals surface area (Å²) in [6.45, 7) is 2.01. The van der Waals surface area contributed by atoms with E-state index in [2.05, 4.69) is 15.5 Å². The average molecular weight is 424 g/mol. The van der Waals surface area contributed by atoms with E-state index >= 15 is 0 Å². The Morgan fingerprint density at radius 2 is 2.00 bits per heavy atom. The second-order valence-corrected chi connectivity index (χ2v) is 6.48. The Morgan fingerprint density at radius 1 is 1.24 bits per heavy atom. The van der Waals surface area contributed by atoms with E-state index in [4.69, 9.17) is 16.3 Å². The summed E-state index contributed by atoms with van der Waals surface area (Å²) in [4.78, 5) is 12.6. The molecule has 0 aliphatic carbocycles. The zero-order valence-corrected chi connectivity index (χ0v) is 16.1. The molecule has 2 N–H and O–H groups in total. The Bertz CT molecular complexity index is 1020. The summed E-state index contributed by atoms with van der Waals surface area (Å²) in [6.07, 6.45) is -3.19. The summed E-state index contributed by atoms with van der Waals surface area (Å²) >= 11 is 6.19. The lowest BCUT2D eigenvalue weighted by Crippen LogP contribution is -2.24. The molecule has 0 aliphatic heterocycles. The van der Waals surface area contributed by atoms with E-state index < -0.39 is 17.6 Å². The predicted molar refractivity (Wildman–Crippen MR) is 103 cm³/mol. The van der Waals surface area contributed by atoms with E-state index in [-0.39, 0.29) is 17.7 Å². The van der Waals surface area contributed by atoms with Crippen molar-refractivity contribution in [2.24, 2.45) is 0 Å². The van der Waals surface area contributed by atoms with Crippen molar-refractivity contribution in [1.29, 1.82) is 0 Å². The maximum absolute atomic E-state index is 13.1. The molecule has 152 valence electrons. The van der Waals surface area contributed by atoms with Crippen molar-refractivity contribution in [3.63, 3.8) is 0 Å². The zero-order valence-electron chi connectivity index (χ0n) is 15.3. The molecule has 0 atom stereocenters. The number of aromatic nitrogens is 2. The third kappa shape index (κ3) is 4.71. The minimum Gasteiger partial charge on any atom is -0.492 e. The SMILES string of the molecule is CCOc1ccc(-c2[nH]ncc2C(=O)NCc2ccccc2C(F)(F)F)cc1Cl. The van der Waals surface area contributed by atoms with Crippen molar-refractivity contribution in [3.05, 3.63) is 70.4 Å². The van der Waals surface area contributed by atoms with E-state index in [1.54, 1.807) is 18.2 Å². The van der Waals surface area contributed by atoms with E-state index in [0.29, 0.717) is 28.6 Å². The number of hydrogen-bond acceptors (Lipinski definition) is 3. The number of halogens is 4. The maximum Gasteiger partial charge on any atom is 0.416 e. The topological polar surface area (TPSA) is 67.0 Å². The first kappa shape index (κ1) is 20.7. The number of H-pyrrole nitrogens is 1. The first-order valence-corrected chi connectivity index (χ1v) is 9.08. The molecule has 0 unspecified atom stereocenters. The molecule has 5 nitrogen and oxygen atoms in total. The number of nitrogens with one attached hydrogen (secondary N) is 2. The minimum absolute atomic E-state index is 0.0255. The average Bonchev–Trinajstić information content (AvgIpc) is 3.17. The van der Waals surface area contributed by atoms with E-state index in [0.717, 1.165) is 6.07 Å². The smallest absolute Gasteiger partial charge is 0.416 e. The van der Waals surface area contributed by atoms with Gasteiger partial charge in [0.05, 0.1) is 34.6 Å². The lowest BCUT2D eigenvalue weighted by molar-refractivity contribution is -0.138. The minimum atomic E-state index is -4.50. The van der Waals surface area contributed by atoms with Gasteiger partial charge in [0.15, 0.2) is 0 Å². The van der Waals surface area contributed by atoms with Crippen LogP contribution in [0.4, 0.5) is 13.2 Å². The van der Waals surface area contributed by atoms with Crippen molar-refractivity contribution >= 4 is 17.5 Å². The van der Waals surface area contributed by atoms with Crippen LogP contribution in [0.3, 0.4) is 0 Å². The lowest BCUT2D eigenvalue weighted by Gasteiger charge is -2.13. The number of aromatic amines is 1. The number of benzene rings is 2. The van der Waals surface area contributed by atoms with Gasteiger partial charge in [-0.3, -0.25) is 9.89 Å². The van der Waals surface area contributed by atoms with Gasteiger partial charge in [-0.05, 0) is 36.8 Å². The fourth-order valence-corrected chi connectivity index (χ4v) is 3.06. The summed E-state index contributed by atoms with van der Waals surface area (Å²) in [5.74, 6) is -0.0528. The summed E-state index contributed by atoms with van der Waals surface area (Å²) in [5.41, 5.74) is 0.372. The molecule has 9 heteroatoms. The van der Waals surface area contributed by atoms with E-state index in [1.807, 2.05) is 6.92 Å². The lowest BCUT2D eigenvalue weighted by atomic mass is 10.1. The number of hydrogen-bond donors (Lipinski definition) is 2. The highest BCUT2D eigenvalue weighted by atomic mass is 35.5. The van der Waals surface area contributed by atoms with Gasteiger partial charge in [0.25, 0.3) is 5.91 Å². The van der Waals surface area contributed by atoms with Crippen LogP contribution in [-0.4, -0.2) is 22.7 Å². The highest BCUT2D eigenvalue weighted by Gasteiger charge is 2.32. The van der Waals surface area contributed by atoms with Crippen LogP contribution >= 0.6 is 11.6 Å². The van der Waals surface area contributed by atoms with Crippen molar-refractivity contribution in [2.75, 3.05) is 6.61 Å². The van der Waals surface area contributed by atoms with Crippen LogP contribution in [0.1, 0.15) is 28.4 Å². The summed E-state index contributed by atoms with van der Waals surface area (Å²) < 4.78 is 44.7. The molecule has 29 heavy (non-hydrogen) atoms. The summed E-state index contributed by atoms with van der Waals surface area (Å²) in [6, 6.07) is 10.1. The van der Waals surface area contributed by atoms with Crippen LogP contribution in [0.25, 0.3) is 11.3 Å². The third-order valence-corrected chi connectivity index (χ3v) is 4.46. The molecule has 0 aliphatic rings. The van der Waals surface area contributed by atoms with Crippen molar-refractivity contribution in [2.45, 2.75) is 19.6 Å². The zero-order chi connectivity index (χ0) is 21.0. The highest BCUT2D eigenvalue weighted by Crippen LogP contribution is 2.32. The number of alkyl halides is 3. The number of amides is 1. The van der Waals surface area contributed by atoms with Gasteiger partial charge >= 0.3 is 6.18 Å². The Labute approximate surface area is 169 Å². The largest absolute Gasteiger partial charge is 0.492 e. The molecule has 0 saturated carbocycles. The Kier molecular flexibility index (Phi) is 6.12. The second kappa shape index (κ2) is 8.57. The normalized spacial score (nSPS) is 11.3. The predicted octanol–water partition coefficient (Wildman–Crippen LogP) is 5.08. The summed E-state index contributed by atoms with van der Waals surface area (Å²) in [5, 5.41) is 9.48. The molecule has 0 spiro atoms.